The molecule has 1 heterocycles. The molecule has 4 heteroatoms. The first-order valence-corrected chi connectivity index (χ1v) is 7.80. The number of allylic oxidation sites excluding steroid dienone is 1. The standard InChI is InChI=1S/C21H18N2O2/c1-24-19-11-7-16(8-12-19)5-3-4-6-18-15-21(23-22-18)17-9-13-20(25-2)14-10-17/h4,6-15H,1-2H3,(H,22,23)/b6-4-. The van der Waals surface area contributed by atoms with Gasteiger partial charge in [-0.25, -0.2) is 0 Å². The normalized spacial score (nSPS) is 10.3. The van der Waals surface area contributed by atoms with Gasteiger partial charge in [0.15, 0.2) is 0 Å². The largest absolute Gasteiger partial charge is 0.497 e. The zero-order valence-corrected chi connectivity index (χ0v) is 14.1. The van der Waals surface area contributed by atoms with Crippen LogP contribution in [0.1, 0.15) is 11.3 Å². The van der Waals surface area contributed by atoms with Crippen molar-refractivity contribution in [2.75, 3.05) is 14.2 Å². The maximum Gasteiger partial charge on any atom is 0.118 e. The van der Waals surface area contributed by atoms with Crippen LogP contribution in [0.25, 0.3) is 17.3 Å². The van der Waals surface area contributed by atoms with Gasteiger partial charge < -0.3 is 9.47 Å². The van der Waals surface area contributed by atoms with E-state index in [9.17, 15) is 0 Å². The van der Waals surface area contributed by atoms with Crippen LogP contribution in [0.3, 0.4) is 0 Å². The minimum atomic E-state index is 0.824. The Morgan fingerprint density at radius 1 is 0.920 bits per heavy atom. The van der Waals surface area contributed by atoms with Gasteiger partial charge in [-0.15, -0.1) is 0 Å². The summed E-state index contributed by atoms with van der Waals surface area (Å²) in [6.07, 6.45) is 3.70. The highest BCUT2D eigenvalue weighted by molar-refractivity contribution is 5.63. The fourth-order valence-corrected chi connectivity index (χ4v) is 2.26. The zero-order chi connectivity index (χ0) is 17.5. The average molecular weight is 330 g/mol. The molecule has 0 saturated carbocycles. The van der Waals surface area contributed by atoms with Crippen LogP contribution in [-0.4, -0.2) is 24.4 Å². The van der Waals surface area contributed by atoms with Crippen molar-refractivity contribution in [2.24, 2.45) is 0 Å². The van der Waals surface area contributed by atoms with Gasteiger partial charge in [0.25, 0.3) is 0 Å². The zero-order valence-electron chi connectivity index (χ0n) is 14.1. The van der Waals surface area contributed by atoms with E-state index in [1.807, 2.05) is 60.7 Å². The second-order valence-electron chi connectivity index (χ2n) is 5.27. The Morgan fingerprint density at radius 3 is 2.20 bits per heavy atom. The maximum atomic E-state index is 5.16. The van der Waals surface area contributed by atoms with E-state index in [-0.39, 0.29) is 0 Å². The topological polar surface area (TPSA) is 47.1 Å². The number of methoxy groups -OCH3 is 2. The van der Waals surface area contributed by atoms with Gasteiger partial charge in [-0.05, 0) is 66.7 Å². The molecule has 124 valence electrons. The lowest BCUT2D eigenvalue weighted by Crippen LogP contribution is -1.82. The smallest absolute Gasteiger partial charge is 0.118 e. The van der Waals surface area contributed by atoms with E-state index in [0.29, 0.717) is 0 Å². The van der Waals surface area contributed by atoms with Crippen molar-refractivity contribution in [3.8, 4) is 34.6 Å². The molecule has 0 amide bonds. The lowest BCUT2D eigenvalue weighted by Gasteiger charge is -1.99. The second-order valence-corrected chi connectivity index (χ2v) is 5.27. The van der Waals surface area contributed by atoms with E-state index >= 15 is 0 Å². The predicted molar refractivity (Wildman–Crippen MR) is 99.5 cm³/mol. The summed E-state index contributed by atoms with van der Waals surface area (Å²) in [5, 5.41) is 7.31. The molecular weight excluding hydrogens is 312 g/mol. The number of aromatic amines is 1. The van der Waals surface area contributed by atoms with E-state index in [4.69, 9.17) is 9.47 Å². The van der Waals surface area contributed by atoms with Gasteiger partial charge in [0.2, 0.25) is 0 Å². The predicted octanol–water partition coefficient (Wildman–Crippen LogP) is 4.16. The first-order valence-electron chi connectivity index (χ1n) is 7.80. The molecule has 0 unspecified atom stereocenters. The van der Waals surface area contributed by atoms with Crippen LogP contribution >= 0.6 is 0 Å². The molecule has 25 heavy (non-hydrogen) atoms. The Balaban J connectivity index is 1.66. The summed E-state index contributed by atoms with van der Waals surface area (Å²) in [6.45, 7) is 0. The van der Waals surface area contributed by atoms with Crippen molar-refractivity contribution in [3.63, 3.8) is 0 Å². The van der Waals surface area contributed by atoms with E-state index in [0.717, 1.165) is 34.0 Å². The summed E-state index contributed by atoms with van der Waals surface area (Å²) in [7, 11) is 3.30. The molecule has 0 aliphatic heterocycles. The van der Waals surface area contributed by atoms with Crippen molar-refractivity contribution in [3.05, 3.63) is 71.9 Å². The Hall–Kier alpha value is -3.45. The van der Waals surface area contributed by atoms with Crippen molar-refractivity contribution < 1.29 is 9.47 Å². The Labute approximate surface area is 147 Å². The first-order chi connectivity index (χ1) is 12.3. The molecule has 0 saturated heterocycles. The van der Waals surface area contributed by atoms with Gasteiger partial charge in [-0.2, -0.15) is 5.10 Å². The van der Waals surface area contributed by atoms with Crippen molar-refractivity contribution >= 4 is 6.08 Å². The van der Waals surface area contributed by atoms with Crippen molar-refractivity contribution in [1.82, 2.24) is 10.2 Å². The van der Waals surface area contributed by atoms with E-state index in [2.05, 4.69) is 22.0 Å². The molecule has 4 nitrogen and oxygen atoms in total. The average Bonchev–Trinajstić information content (AvgIpc) is 3.15. The monoisotopic (exact) mass is 330 g/mol. The SMILES string of the molecule is COc1ccc(C#C/C=C\c2cc(-c3ccc(OC)cc3)n[nH]2)cc1. The molecular formula is C21H18N2O2. The van der Waals surface area contributed by atoms with Gasteiger partial charge in [0.1, 0.15) is 11.5 Å². The summed E-state index contributed by atoms with van der Waals surface area (Å²) in [5.74, 6) is 7.74. The fraction of sp³-hybridized carbons (Fsp3) is 0.0952. The molecule has 0 fully saturated rings. The highest BCUT2D eigenvalue weighted by Crippen LogP contribution is 2.21. The number of aromatic nitrogens is 2. The van der Waals surface area contributed by atoms with E-state index < -0.39 is 0 Å². The number of benzene rings is 2. The summed E-state index contributed by atoms with van der Waals surface area (Å²) in [4.78, 5) is 0. The lowest BCUT2D eigenvalue weighted by molar-refractivity contribution is 0.414. The molecule has 0 aliphatic carbocycles. The third-order valence-electron chi connectivity index (χ3n) is 3.64. The number of hydrogen-bond acceptors (Lipinski definition) is 3. The Morgan fingerprint density at radius 2 is 1.56 bits per heavy atom. The molecule has 1 aromatic heterocycles. The highest BCUT2D eigenvalue weighted by atomic mass is 16.5. The minimum absolute atomic E-state index is 0.824. The van der Waals surface area contributed by atoms with Crippen LogP contribution in [0.15, 0.2) is 60.7 Å². The molecule has 2 aromatic carbocycles. The van der Waals surface area contributed by atoms with Gasteiger partial charge >= 0.3 is 0 Å². The number of rotatable bonds is 4. The van der Waals surface area contributed by atoms with Gasteiger partial charge in [0.05, 0.1) is 25.6 Å². The van der Waals surface area contributed by atoms with Crippen molar-refractivity contribution in [1.29, 1.82) is 0 Å². The molecule has 0 atom stereocenters. The van der Waals surface area contributed by atoms with Crippen LogP contribution in [0, 0.1) is 11.8 Å². The van der Waals surface area contributed by atoms with Crippen LogP contribution in [-0.2, 0) is 0 Å². The summed E-state index contributed by atoms with van der Waals surface area (Å²) < 4.78 is 10.3. The number of ether oxygens (including phenoxy) is 2. The molecule has 3 aromatic rings. The molecule has 0 aliphatic rings. The molecule has 0 radical (unpaired) electrons. The summed E-state index contributed by atoms with van der Waals surface area (Å²) in [5.41, 5.74) is 3.75. The van der Waals surface area contributed by atoms with Crippen LogP contribution < -0.4 is 9.47 Å². The van der Waals surface area contributed by atoms with Gasteiger partial charge in [0, 0.05) is 11.1 Å². The number of nitrogens with zero attached hydrogens (tertiary/aromatic N) is 1. The molecule has 0 spiro atoms. The minimum Gasteiger partial charge on any atom is -0.497 e. The van der Waals surface area contributed by atoms with Gasteiger partial charge in [-0.1, -0.05) is 11.8 Å². The highest BCUT2D eigenvalue weighted by Gasteiger charge is 2.02. The van der Waals surface area contributed by atoms with Crippen LogP contribution in [0.5, 0.6) is 11.5 Å². The van der Waals surface area contributed by atoms with Crippen LogP contribution in [0.2, 0.25) is 0 Å². The number of hydrogen-bond donors (Lipinski definition) is 1. The van der Waals surface area contributed by atoms with Crippen molar-refractivity contribution in [2.45, 2.75) is 0 Å². The molecule has 1 N–H and O–H groups in total. The van der Waals surface area contributed by atoms with Crippen LogP contribution in [0.4, 0.5) is 0 Å². The lowest BCUT2D eigenvalue weighted by atomic mass is 10.1. The second kappa shape index (κ2) is 7.89. The van der Waals surface area contributed by atoms with E-state index in [1.54, 1.807) is 20.3 Å². The Kier molecular flexibility index (Phi) is 5.18. The third kappa shape index (κ3) is 4.30. The first kappa shape index (κ1) is 16.4. The maximum absolute atomic E-state index is 5.16. The summed E-state index contributed by atoms with van der Waals surface area (Å²) >= 11 is 0. The molecule has 3 rings (SSSR count). The Bertz CT molecular complexity index is 911. The number of H-pyrrole nitrogens is 1. The number of nitrogens with one attached hydrogen (secondary N) is 1. The third-order valence-corrected chi connectivity index (χ3v) is 3.64. The summed E-state index contributed by atoms with van der Waals surface area (Å²) in [6, 6.07) is 17.4. The fourth-order valence-electron chi connectivity index (χ4n) is 2.26. The van der Waals surface area contributed by atoms with Gasteiger partial charge in [-0.3, -0.25) is 5.10 Å². The quantitative estimate of drug-likeness (QED) is 0.731. The van der Waals surface area contributed by atoms with E-state index in [1.165, 1.54) is 0 Å². The molecule has 0 bridgehead atoms.